The molecule has 1 aliphatic rings. The van der Waals surface area contributed by atoms with E-state index in [1.54, 1.807) is 31.4 Å². The lowest BCUT2D eigenvalue weighted by Crippen LogP contribution is -2.29. The summed E-state index contributed by atoms with van der Waals surface area (Å²) >= 11 is 1.27. The minimum atomic E-state index is -0.745. The predicted molar refractivity (Wildman–Crippen MR) is 125 cm³/mol. The minimum Gasteiger partial charge on any atom is -0.493 e. The second kappa shape index (κ2) is 8.00. The van der Waals surface area contributed by atoms with Gasteiger partial charge in [-0.15, -0.1) is 10.2 Å². The summed E-state index contributed by atoms with van der Waals surface area (Å²) < 4.78 is 17.1. The number of hydrogen-bond donors (Lipinski definition) is 0. The molecule has 0 unspecified atom stereocenters. The summed E-state index contributed by atoms with van der Waals surface area (Å²) in [7, 11) is 1.55. The molecule has 0 aliphatic carbocycles. The van der Waals surface area contributed by atoms with E-state index in [-0.39, 0.29) is 16.8 Å². The predicted octanol–water partition coefficient (Wildman–Crippen LogP) is 4.42. The Hall–Kier alpha value is -3.72. The van der Waals surface area contributed by atoms with E-state index >= 15 is 0 Å². The van der Waals surface area contributed by atoms with Gasteiger partial charge >= 0.3 is 0 Å². The van der Waals surface area contributed by atoms with Gasteiger partial charge in [0.25, 0.3) is 5.91 Å². The van der Waals surface area contributed by atoms with Crippen LogP contribution in [-0.2, 0) is 0 Å². The van der Waals surface area contributed by atoms with Crippen molar-refractivity contribution in [1.82, 2.24) is 10.2 Å². The average molecular weight is 464 g/mol. The Morgan fingerprint density at radius 3 is 2.61 bits per heavy atom. The lowest BCUT2D eigenvalue weighted by Gasteiger charge is -2.23. The molecule has 4 aromatic rings. The number of fused-ring (bicyclic) bond motifs is 2. The van der Waals surface area contributed by atoms with Gasteiger partial charge < -0.3 is 13.9 Å². The van der Waals surface area contributed by atoms with Gasteiger partial charge in [0.1, 0.15) is 10.6 Å². The quantitative estimate of drug-likeness (QED) is 0.432. The van der Waals surface area contributed by atoms with Crippen molar-refractivity contribution in [3.05, 3.63) is 74.1 Å². The van der Waals surface area contributed by atoms with Gasteiger partial charge in [-0.25, -0.2) is 0 Å². The number of nitrogens with zero attached hydrogens (tertiary/aromatic N) is 3. The van der Waals surface area contributed by atoms with Crippen molar-refractivity contribution in [3.8, 4) is 11.5 Å². The normalized spacial score (nSPS) is 15.2. The molecular weight excluding hydrogens is 442 g/mol. The van der Waals surface area contributed by atoms with Crippen LogP contribution in [0, 0.1) is 13.8 Å². The maximum absolute atomic E-state index is 13.7. The lowest BCUT2D eigenvalue weighted by molar-refractivity contribution is 0.0970. The van der Waals surface area contributed by atoms with Crippen molar-refractivity contribution < 1.29 is 18.7 Å². The number of hydrogen-bond acceptors (Lipinski definition) is 8. The smallest absolute Gasteiger partial charge is 0.297 e. The highest BCUT2D eigenvalue weighted by molar-refractivity contribution is 7.15. The Balaban J connectivity index is 1.79. The fourth-order valence-corrected chi connectivity index (χ4v) is 4.83. The summed E-state index contributed by atoms with van der Waals surface area (Å²) in [5.74, 6) is 0.665. The number of carbonyl (C=O) groups excluding carboxylic acids is 1. The van der Waals surface area contributed by atoms with Gasteiger partial charge in [0.15, 0.2) is 16.9 Å². The van der Waals surface area contributed by atoms with Gasteiger partial charge in [-0.3, -0.25) is 14.5 Å². The molecule has 0 spiro atoms. The van der Waals surface area contributed by atoms with Gasteiger partial charge in [-0.1, -0.05) is 29.0 Å². The third kappa shape index (κ3) is 3.36. The summed E-state index contributed by atoms with van der Waals surface area (Å²) in [6.07, 6.45) is 0. The third-order valence-corrected chi connectivity index (χ3v) is 6.39. The molecule has 0 saturated heterocycles. The van der Waals surface area contributed by atoms with Crippen LogP contribution in [-0.4, -0.2) is 29.8 Å². The zero-order valence-corrected chi connectivity index (χ0v) is 19.4. The maximum atomic E-state index is 13.7. The molecule has 0 bridgehead atoms. The van der Waals surface area contributed by atoms with Crippen LogP contribution in [0.3, 0.4) is 0 Å². The number of ether oxygens (including phenoxy) is 2. The maximum Gasteiger partial charge on any atom is 0.297 e. The summed E-state index contributed by atoms with van der Waals surface area (Å²) in [5, 5.41) is 9.78. The van der Waals surface area contributed by atoms with E-state index in [9.17, 15) is 9.59 Å². The molecule has 0 fully saturated rings. The van der Waals surface area contributed by atoms with Crippen molar-refractivity contribution in [1.29, 1.82) is 0 Å². The molecule has 9 heteroatoms. The molecule has 8 nitrogen and oxygen atoms in total. The molecule has 3 heterocycles. The number of benzene rings is 2. The minimum absolute atomic E-state index is 0.0158. The summed E-state index contributed by atoms with van der Waals surface area (Å²) in [5.41, 5.74) is 2.00. The van der Waals surface area contributed by atoms with Crippen LogP contribution in [0.4, 0.5) is 5.13 Å². The average Bonchev–Trinajstić information content (AvgIpc) is 3.36. The first kappa shape index (κ1) is 21.1. The molecule has 1 amide bonds. The topological polar surface area (TPSA) is 94.8 Å². The zero-order chi connectivity index (χ0) is 23.3. The molecule has 33 heavy (non-hydrogen) atoms. The van der Waals surface area contributed by atoms with Gasteiger partial charge in [0.05, 0.1) is 30.7 Å². The Morgan fingerprint density at radius 1 is 1.09 bits per heavy atom. The second-order valence-corrected chi connectivity index (χ2v) is 8.86. The fraction of sp³-hybridized carbons (Fsp3) is 0.250. The van der Waals surface area contributed by atoms with Crippen molar-refractivity contribution in [2.75, 3.05) is 18.6 Å². The number of methoxy groups -OCH3 is 1. The molecule has 168 valence electrons. The molecule has 1 atom stereocenters. The van der Waals surface area contributed by atoms with Crippen LogP contribution >= 0.6 is 11.3 Å². The standard InChI is InChI=1S/C24H21N3O5S/c1-5-31-17-9-7-14(11-18(17)30-4)20-19-21(28)15-10-12(2)6-8-16(15)32-22(19)23(29)27(20)24-26-25-13(3)33-24/h6-11,20H,5H2,1-4H3/t20-/m1/s1. The van der Waals surface area contributed by atoms with Crippen molar-refractivity contribution in [2.45, 2.75) is 26.8 Å². The first-order valence-electron chi connectivity index (χ1n) is 10.4. The van der Waals surface area contributed by atoms with Crippen LogP contribution in [0.15, 0.2) is 45.6 Å². The molecule has 1 aliphatic heterocycles. The number of anilines is 1. The fourth-order valence-electron chi connectivity index (χ4n) is 4.11. The highest BCUT2D eigenvalue weighted by atomic mass is 32.1. The Bertz CT molecular complexity index is 1460. The monoisotopic (exact) mass is 463 g/mol. The van der Waals surface area contributed by atoms with Crippen LogP contribution < -0.4 is 19.8 Å². The SMILES string of the molecule is CCOc1ccc([C@@H]2c3c(oc4ccc(C)cc4c3=O)C(=O)N2c2nnc(C)s2)cc1OC. The van der Waals surface area contributed by atoms with Gasteiger partial charge in [-0.05, 0) is 50.6 Å². The first-order chi connectivity index (χ1) is 15.9. The van der Waals surface area contributed by atoms with Crippen LogP contribution in [0.5, 0.6) is 11.5 Å². The Kier molecular flexibility index (Phi) is 5.13. The molecule has 5 rings (SSSR count). The summed E-state index contributed by atoms with van der Waals surface area (Å²) in [6.45, 7) is 6.08. The molecular formula is C24H21N3O5S. The Morgan fingerprint density at radius 2 is 1.91 bits per heavy atom. The zero-order valence-electron chi connectivity index (χ0n) is 18.5. The van der Waals surface area contributed by atoms with E-state index < -0.39 is 11.9 Å². The van der Waals surface area contributed by atoms with Gasteiger partial charge in [0.2, 0.25) is 10.9 Å². The number of rotatable bonds is 5. The van der Waals surface area contributed by atoms with Crippen LogP contribution in [0.25, 0.3) is 11.0 Å². The molecule has 0 N–H and O–H groups in total. The summed E-state index contributed by atoms with van der Waals surface area (Å²) in [6, 6.07) is 9.96. The largest absolute Gasteiger partial charge is 0.493 e. The lowest BCUT2D eigenvalue weighted by atomic mass is 9.98. The molecule has 0 saturated carbocycles. The number of carbonyl (C=O) groups is 1. The van der Waals surface area contributed by atoms with Gasteiger partial charge in [-0.2, -0.15) is 0 Å². The van der Waals surface area contributed by atoms with E-state index in [2.05, 4.69) is 10.2 Å². The molecule has 2 aromatic carbocycles. The van der Waals surface area contributed by atoms with E-state index in [4.69, 9.17) is 13.9 Å². The number of aryl methyl sites for hydroxylation is 2. The molecule has 2 aromatic heterocycles. The van der Waals surface area contributed by atoms with Gasteiger partial charge in [0, 0.05) is 0 Å². The van der Waals surface area contributed by atoms with E-state index in [1.165, 1.54) is 16.2 Å². The van der Waals surface area contributed by atoms with Crippen molar-refractivity contribution >= 4 is 33.3 Å². The Labute approximate surface area is 193 Å². The van der Waals surface area contributed by atoms with E-state index in [1.807, 2.05) is 32.9 Å². The van der Waals surface area contributed by atoms with Crippen LogP contribution in [0.2, 0.25) is 0 Å². The molecule has 0 radical (unpaired) electrons. The second-order valence-electron chi connectivity index (χ2n) is 7.70. The highest BCUT2D eigenvalue weighted by Gasteiger charge is 2.45. The number of amides is 1. The third-order valence-electron chi connectivity index (χ3n) is 5.55. The van der Waals surface area contributed by atoms with E-state index in [0.717, 1.165) is 5.56 Å². The van der Waals surface area contributed by atoms with E-state index in [0.29, 0.717) is 44.8 Å². The highest BCUT2D eigenvalue weighted by Crippen LogP contribution is 2.43. The first-order valence-corrected chi connectivity index (χ1v) is 11.3. The van der Waals surface area contributed by atoms with Crippen molar-refractivity contribution in [2.24, 2.45) is 0 Å². The van der Waals surface area contributed by atoms with Crippen LogP contribution in [0.1, 0.15) is 45.2 Å². The van der Waals surface area contributed by atoms with Crippen molar-refractivity contribution in [3.63, 3.8) is 0 Å². The number of aromatic nitrogens is 2. The summed E-state index contributed by atoms with van der Waals surface area (Å²) in [4.78, 5) is 28.7.